The minimum Gasteiger partial charge on any atom is -0.426 e. The van der Waals surface area contributed by atoms with Gasteiger partial charge in [0.05, 0.1) is 5.39 Å². The van der Waals surface area contributed by atoms with Gasteiger partial charge in [-0.05, 0) is 12.1 Å². The van der Waals surface area contributed by atoms with E-state index in [0.29, 0.717) is 16.7 Å². The van der Waals surface area contributed by atoms with Crippen LogP contribution < -0.4 is 4.74 Å². The molecular formula is C11H9NO3. The van der Waals surface area contributed by atoms with Crippen LogP contribution in [-0.4, -0.2) is 17.2 Å². The van der Waals surface area contributed by atoms with E-state index in [2.05, 4.69) is 4.98 Å². The number of ether oxygens (including phenoxy) is 1. The molecule has 1 aromatic heterocycles. The summed E-state index contributed by atoms with van der Waals surface area (Å²) in [6.45, 7) is 1.33. The molecule has 0 spiro atoms. The standard InChI is InChI=1S/C11H9NO3/c1-7(14)15-10-4-2-3-9-11(10)8(6-13)5-12-9/h2-6,12H,1H3. The van der Waals surface area contributed by atoms with E-state index < -0.39 is 5.97 Å². The summed E-state index contributed by atoms with van der Waals surface area (Å²) in [5.41, 5.74) is 1.26. The summed E-state index contributed by atoms with van der Waals surface area (Å²) in [6.07, 6.45) is 2.32. The number of carbonyl (C=O) groups excluding carboxylic acids is 2. The Balaban J connectivity index is 2.66. The lowest BCUT2D eigenvalue weighted by Crippen LogP contribution is -2.01. The first-order valence-corrected chi connectivity index (χ1v) is 4.46. The number of fused-ring (bicyclic) bond motifs is 1. The quantitative estimate of drug-likeness (QED) is 0.460. The molecular weight excluding hydrogens is 194 g/mol. The van der Waals surface area contributed by atoms with Crippen LogP contribution in [0, 0.1) is 0 Å². The Morgan fingerprint density at radius 1 is 1.47 bits per heavy atom. The molecule has 0 saturated heterocycles. The molecule has 76 valence electrons. The van der Waals surface area contributed by atoms with Crippen LogP contribution in [0.15, 0.2) is 24.4 Å². The van der Waals surface area contributed by atoms with E-state index in [4.69, 9.17) is 4.74 Å². The van der Waals surface area contributed by atoms with E-state index in [1.165, 1.54) is 6.92 Å². The van der Waals surface area contributed by atoms with Gasteiger partial charge < -0.3 is 9.72 Å². The van der Waals surface area contributed by atoms with Crippen molar-refractivity contribution in [1.82, 2.24) is 4.98 Å². The van der Waals surface area contributed by atoms with Crippen LogP contribution in [0.3, 0.4) is 0 Å². The fourth-order valence-electron chi connectivity index (χ4n) is 1.51. The monoisotopic (exact) mass is 203 g/mol. The van der Waals surface area contributed by atoms with E-state index in [1.807, 2.05) is 6.07 Å². The number of rotatable bonds is 2. The molecule has 0 aliphatic rings. The second kappa shape index (κ2) is 3.57. The average Bonchev–Trinajstić information content (AvgIpc) is 2.61. The molecule has 4 heteroatoms. The van der Waals surface area contributed by atoms with Gasteiger partial charge in [-0.15, -0.1) is 0 Å². The van der Waals surface area contributed by atoms with Crippen LogP contribution in [-0.2, 0) is 4.79 Å². The third-order valence-corrected chi connectivity index (χ3v) is 2.08. The Morgan fingerprint density at radius 3 is 2.93 bits per heavy atom. The van der Waals surface area contributed by atoms with Crippen LogP contribution in [0.1, 0.15) is 17.3 Å². The first-order chi connectivity index (χ1) is 7.22. The molecule has 15 heavy (non-hydrogen) atoms. The molecule has 0 amide bonds. The Bertz CT molecular complexity index is 528. The number of benzene rings is 1. The van der Waals surface area contributed by atoms with Crippen LogP contribution in [0.25, 0.3) is 10.9 Å². The maximum Gasteiger partial charge on any atom is 0.308 e. The number of esters is 1. The van der Waals surface area contributed by atoms with Crippen molar-refractivity contribution >= 4 is 23.2 Å². The van der Waals surface area contributed by atoms with Gasteiger partial charge in [0.15, 0.2) is 6.29 Å². The number of aromatic nitrogens is 1. The van der Waals surface area contributed by atoms with Crippen molar-refractivity contribution in [3.8, 4) is 5.75 Å². The largest absolute Gasteiger partial charge is 0.426 e. The summed E-state index contributed by atoms with van der Waals surface area (Å²) in [7, 11) is 0. The smallest absolute Gasteiger partial charge is 0.308 e. The lowest BCUT2D eigenvalue weighted by molar-refractivity contribution is -0.131. The van der Waals surface area contributed by atoms with Crippen LogP contribution in [0.5, 0.6) is 5.75 Å². The molecule has 0 unspecified atom stereocenters. The fraction of sp³-hybridized carbons (Fsp3) is 0.0909. The minimum atomic E-state index is -0.402. The predicted molar refractivity (Wildman–Crippen MR) is 55.0 cm³/mol. The zero-order chi connectivity index (χ0) is 10.8. The lowest BCUT2D eigenvalue weighted by Gasteiger charge is -2.02. The molecule has 2 aromatic rings. The van der Waals surface area contributed by atoms with E-state index in [-0.39, 0.29) is 0 Å². The van der Waals surface area contributed by atoms with Crippen LogP contribution in [0.2, 0.25) is 0 Å². The molecule has 0 saturated carbocycles. The van der Waals surface area contributed by atoms with Crippen molar-refractivity contribution in [2.24, 2.45) is 0 Å². The normalized spacial score (nSPS) is 10.2. The average molecular weight is 203 g/mol. The summed E-state index contributed by atoms with van der Waals surface area (Å²) in [6, 6.07) is 5.23. The van der Waals surface area contributed by atoms with Gasteiger partial charge >= 0.3 is 5.97 Å². The topological polar surface area (TPSA) is 59.2 Å². The number of nitrogens with one attached hydrogen (secondary N) is 1. The van der Waals surface area contributed by atoms with Gasteiger partial charge in [0.25, 0.3) is 0 Å². The van der Waals surface area contributed by atoms with E-state index in [0.717, 1.165) is 11.8 Å². The van der Waals surface area contributed by atoms with Gasteiger partial charge in [0.2, 0.25) is 0 Å². The van der Waals surface area contributed by atoms with E-state index in [1.54, 1.807) is 18.3 Å². The molecule has 4 nitrogen and oxygen atoms in total. The van der Waals surface area contributed by atoms with Gasteiger partial charge in [-0.25, -0.2) is 0 Å². The highest BCUT2D eigenvalue weighted by molar-refractivity contribution is 6.01. The Labute approximate surface area is 85.9 Å². The second-order valence-corrected chi connectivity index (χ2v) is 3.13. The summed E-state index contributed by atoms with van der Waals surface area (Å²) < 4.78 is 5.01. The van der Waals surface area contributed by atoms with Crippen molar-refractivity contribution in [2.75, 3.05) is 0 Å². The van der Waals surface area contributed by atoms with Gasteiger partial charge in [0.1, 0.15) is 5.75 Å². The zero-order valence-electron chi connectivity index (χ0n) is 8.11. The molecule has 0 atom stereocenters. The molecule has 1 N–H and O–H groups in total. The van der Waals surface area contributed by atoms with Gasteiger partial charge in [-0.2, -0.15) is 0 Å². The molecule has 0 radical (unpaired) electrons. The highest BCUT2D eigenvalue weighted by Gasteiger charge is 2.09. The van der Waals surface area contributed by atoms with Crippen molar-refractivity contribution in [3.05, 3.63) is 30.0 Å². The van der Waals surface area contributed by atoms with Crippen molar-refractivity contribution in [3.63, 3.8) is 0 Å². The number of carbonyl (C=O) groups is 2. The number of H-pyrrole nitrogens is 1. The molecule has 0 aliphatic carbocycles. The van der Waals surface area contributed by atoms with Crippen molar-refractivity contribution in [1.29, 1.82) is 0 Å². The van der Waals surface area contributed by atoms with Crippen LogP contribution in [0.4, 0.5) is 0 Å². The van der Waals surface area contributed by atoms with Crippen molar-refractivity contribution in [2.45, 2.75) is 6.92 Å². The Hall–Kier alpha value is -2.10. The van der Waals surface area contributed by atoms with E-state index in [9.17, 15) is 9.59 Å². The van der Waals surface area contributed by atoms with Gasteiger partial charge in [0, 0.05) is 24.2 Å². The first-order valence-electron chi connectivity index (χ1n) is 4.46. The number of aromatic amines is 1. The highest BCUT2D eigenvalue weighted by atomic mass is 16.5. The Morgan fingerprint density at radius 2 is 2.27 bits per heavy atom. The molecule has 1 aromatic carbocycles. The summed E-state index contributed by atoms with van der Waals surface area (Å²) in [5, 5.41) is 0.641. The first kappa shape index (κ1) is 9.45. The SMILES string of the molecule is CC(=O)Oc1cccc2[nH]cc(C=O)c12. The maximum absolute atomic E-state index is 10.9. The summed E-state index contributed by atoms with van der Waals surface area (Å²) in [4.78, 5) is 24.5. The predicted octanol–water partition coefficient (Wildman–Crippen LogP) is 1.91. The van der Waals surface area contributed by atoms with Crippen LogP contribution >= 0.6 is 0 Å². The third-order valence-electron chi connectivity index (χ3n) is 2.08. The number of hydrogen-bond donors (Lipinski definition) is 1. The second-order valence-electron chi connectivity index (χ2n) is 3.13. The van der Waals surface area contributed by atoms with Gasteiger partial charge in [-0.3, -0.25) is 9.59 Å². The molecule has 1 heterocycles. The molecule has 0 bridgehead atoms. The molecule has 0 aliphatic heterocycles. The zero-order valence-corrected chi connectivity index (χ0v) is 8.11. The maximum atomic E-state index is 10.9. The molecule has 0 fully saturated rings. The highest BCUT2D eigenvalue weighted by Crippen LogP contribution is 2.27. The Kier molecular flexibility index (Phi) is 2.25. The van der Waals surface area contributed by atoms with Gasteiger partial charge in [-0.1, -0.05) is 6.07 Å². The number of hydrogen-bond acceptors (Lipinski definition) is 3. The summed E-state index contributed by atoms with van der Waals surface area (Å²) in [5.74, 6) is 0.00361. The lowest BCUT2D eigenvalue weighted by atomic mass is 10.2. The fourth-order valence-corrected chi connectivity index (χ4v) is 1.51. The number of aldehydes is 1. The van der Waals surface area contributed by atoms with Crippen molar-refractivity contribution < 1.29 is 14.3 Å². The minimum absolute atomic E-state index is 0.402. The van der Waals surface area contributed by atoms with E-state index >= 15 is 0 Å². The summed E-state index contributed by atoms with van der Waals surface area (Å²) >= 11 is 0. The molecule has 2 rings (SSSR count). The third kappa shape index (κ3) is 1.61.